The first-order chi connectivity index (χ1) is 8.54. The summed E-state index contributed by atoms with van der Waals surface area (Å²) >= 11 is 1.69. The molecule has 0 aromatic carbocycles. The molecule has 0 aliphatic carbocycles. The van der Waals surface area contributed by atoms with Crippen LogP contribution in [0, 0.1) is 13.8 Å². The molecule has 2 rings (SSSR count). The van der Waals surface area contributed by atoms with E-state index in [1.165, 1.54) is 4.88 Å². The molecule has 0 fully saturated rings. The molecule has 2 aromatic heterocycles. The number of anilines is 1. The first-order valence-electron chi connectivity index (χ1n) is 6.05. The van der Waals surface area contributed by atoms with E-state index in [2.05, 4.69) is 41.0 Å². The Balaban J connectivity index is 2.09. The molecular formula is C13H18N4S. The minimum Gasteiger partial charge on any atom is -0.348 e. The average molecular weight is 262 g/mol. The van der Waals surface area contributed by atoms with Crippen molar-refractivity contribution in [1.82, 2.24) is 15.0 Å². The van der Waals surface area contributed by atoms with Gasteiger partial charge in [-0.05, 0) is 25.8 Å². The van der Waals surface area contributed by atoms with Gasteiger partial charge in [0.15, 0.2) is 0 Å². The van der Waals surface area contributed by atoms with Crippen molar-refractivity contribution in [2.24, 2.45) is 0 Å². The Morgan fingerprint density at radius 3 is 2.67 bits per heavy atom. The smallest absolute Gasteiger partial charge is 0.223 e. The van der Waals surface area contributed by atoms with Crippen molar-refractivity contribution in [2.45, 2.75) is 40.2 Å². The van der Waals surface area contributed by atoms with E-state index in [0.717, 1.165) is 16.4 Å². The first kappa shape index (κ1) is 13.0. The highest BCUT2D eigenvalue weighted by molar-refractivity contribution is 7.11. The van der Waals surface area contributed by atoms with Gasteiger partial charge in [-0.15, -0.1) is 11.3 Å². The Bertz CT molecular complexity index is 534. The van der Waals surface area contributed by atoms with Gasteiger partial charge in [0, 0.05) is 22.5 Å². The minimum atomic E-state index is 0.411. The second kappa shape index (κ2) is 5.44. The van der Waals surface area contributed by atoms with Crippen LogP contribution < -0.4 is 5.32 Å². The van der Waals surface area contributed by atoms with Gasteiger partial charge in [-0.2, -0.15) is 0 Å². The van der Waals surface area contributed by atoms with Crippen molar-refractivity contribution >= 4 is 17.3 Å². The Morgan fingerprint density at radius 2 is 2.06 bits per heavy atom. The van der Waals surface area contributed by atoms with E-state index >= 15 is 0 Å². The van der Waals surface area contributed by atoms with E-state index in [9.17, 15) is 0 Å². The van der Waals surface area contributed by atoms with Crippen molar-refractivity contribution in [3.8, 4) is 0 Å². The molecule has 0 bridgehead atoms. The fraction of sp³-hybridized carbons (Fsp3) is 0.462. The van der Waals surface area contributed by atoms with Crippen molar-refractivity contribution in [1.29, 1.82) is 0 Å². The van der Waals surface area contributed by atoms with Gasteiger partial charge in [0.2, 0.25) is 5.95 Å². The summed E-state index contributed by atoms with van der Waals surface area (Å²) in [5.41, 5.74) is 2.06. The van der Waals surface area contributed by atoms with Crippen LogP contribution in [-0.2, 0) is 6.54 Å². The number of thiazole rings is 1. The van der Waals surface area contributed by atoms with Gasteiger partial charge in [-0.3, -0.25) is 0 Å². The van der Waals surface area contributed by atoms with Crippen LogP contribution in [0.2, 0.25) is 0 Å². The standard InChI is InChI=1S/C13H18N4S/c1-8(2)11-5-9(3)16-13(17-11)15-7-12-14-6-10(4)18-12/h5-6,8H,7H2,1-4H3,(H,15,16,17). The van der Waals surface area contributed by atoms with E-state index < -0.39 is 0 Å². The van der Waals surface area contributed by atoms with E-state index in [1.807, 2.05) is 19.2 Å². The Morgan fingerprint density at radius 1 is 1.28 bits per heavy atom. The lowest BCUT2D eigenvalue weighted by molar-refractivity contribution is 0.808. The molecule has 5 heteroatoms. The van der Waals surface area contributed by atoms with Crippen LogP contribution in [0.25, 0.3) is 0 Å². The molecule has 96 valence electrons. The molecule has 0 radical (unpaired) electrons. The molecule has 0 atom stereocenters. The summed E-state index contributed by atoms with van der Waals surface area (Å²) in [5.74, 6) is 1.10. The van der Waals surface area contributed by atoms with Gasteiger partial charge in [0.25, 0.3) is 0 Å². The lowest BCUT2D eigenvalue weighted by atomic mass is 10.1. The number of rotatable bonds is 4. The molecule has 1 N–H and O–H groups in total. The van der Waals surface area contributed by atoms with Crippen LogP contribution in [0.4, 0.5) is 5.95 Å². The highest BCUT2D eigenvalue weighted by Gasteiger charge is 2.06. The molecule has 2 heterocycles. The average Bonchev–Trinajstić information content (AvgIpc) is 2.72. The summed E-state index contributed by atoms with van der Waals surface area (Å²) in [5, 5.41) is 4.30. The van der Waals surface area contributed by atoms with E-state index in [4.69, 9.17) is 0 Å². The van der Waals surface area contributed by atoms with Gasteiger partial charge in [-0.25, -0.2) is 15.0 Å². The van der Waals surface area contributed by atoms with Gasteiger partial charge in [-0.1, -0.05) is 13.8 Å². The normalized spacial score (nSPS) is 10.9. The fourth-order valence-electron chi connectivity index (χ4n) is 1.61. The molecule has 0 aliphatic heterocycles. The van der Waals surface area contributed by atoms with Gasteiger partial charge in [0.05, 0.1) is 6.54 Å². The lowest BCUT2D eigenvalue weighted by Crippen LogP contribution is -2.06. The number of aryl methyl sites for hydroxylation is 2. The van der Waals surface area contributed by atoms with Crippen molar-refractivity contribution in [2.75, 3.05) is 5.32 Å². The molecule has 0 aliphatic rings. The highest BCUT2D eigenvalue weighted by Crippen LogP contribution is 2.16. The zero-order chi connectivity index (χ0) is 13.1. The summed E-state index contributed by atoms with van der Waals surface area (Å²) in [6.45, 7) is 9.00. The summed E-state index contributed by atoms with van der Waals surface area (Å²) in [6, 6.07) is 2.03. The van der Waals surface area contributed by atoms with Crippen LogP contribution in [-0.4, -0.2) is 15.0 Å². The Hall–Kier alpha value is -1.49. The number of hydrogen-bond acceptors (Lipinski definition) is 5. The van der Waals surface area contributed by atoms with Crippen molar-refractivity contribution in [3.05, 3.63) is 33.5 Å². The molecule has 0 amide bonds. The lowest BCUT2D eigenvalue weighted by Gasteiger charge is -2.09. The van der Waals surface area contributed by atoms with Gasteiger partial charge < -0.3 is 5.32 Å². The summed E-state index contributed by atoms with van der Waals surface area (Å²) in [4.78, 5) is 14.4. The number of nitrogens with zero attached hydrogens (tertiary/aromatic N) is 3. The first-order valence-corrected chi connectivity index (χ1v) is 6.87. The predicted molar refractivity (Wildman–Crippen MR) is 75.0 cm³/mol. The zero-order valence-corrected chi connectivity index (χ0v) is 12.0. The maximum atomic E-state index is 4.51. The fourth-order valence-corrected chi connectivity index (χ4v) is 2.33. The molecule has 2 aromatic rings. The van der Waals surface area contributed by atoms with Crippen LogP contribution in [0.1, 0.15) is 41.0 Å². The topological polar surface area (TPSA) is 50.7 Å². The summed E-state index contributed by atoms with van der Waals surface area (Å²) < 4.78 is 0. The third kappa shape index (κ3) is 3.26. The molecule has 18 heavy (non-hydrogen) atoms. The van der Waals surface area contributed by atoms with Crippen LogP contribution in [0.15, 0.2) is 12.3 Å². The third-order valence-corrected chi connectivity index (χ3v) is 3.45. The summed E-state index contributed by atoms with van der Waals surface area (Å²) in [6.07, 6.45) is 1.89. The maximum Gasteiger partial charge on any atom is 0.223 e. The van der Waals surface area contributed by atoms with E-state index in [-0.39, 0.29) is 0 Å². The molecule has 0 saturated heterocycles. The van der Waals surface area contributed by atoms with Gasteiger partial charge in [0.1, 0.15) is 5.01 Å². The number of hydrogen-bond donors (Lipinski definition) is 1. The minimum absolute atomic E-state index is 0.411. The molecular weight excluding hydrogens is 244 g/mol. The SMILES string of the molecule is Cc1cc(C(C)C)nc(NCc2ncc(C)s2)n1. The van der Waals surface area contributed by atoms with E-state index in [1.54, 1.807) is 11.3 Å². The molecule has 0 saturated carbocycles. The number of aromatic nitrogens is 3. The largest absolute Gasteiger partial charge is 0.348 e. The maximum absolute atomic E-state index is 4.51. The quantitative estimate of drug-likeness (QED) is 0.918. The summed E-state index contributed by atoms with van der Waals surface area (Å²) in [7, 11) is 0. The zero-order valence-electron chi connectivity index (χ0n) is 11.2. The molecule has 0 spiro atoms. The molecule has 4 nitrogen and oxygen atoms in total. The van der Waals surface area contributed by atoms with E-state index in [0.29, 0.717) is 18.4 Å². The second-order valence-electron chi connectivity index (χ2n) is 4.63. The van der Waals surface area contributed by atoms with Crippen molar-refractivity contribution < 1.29 is 0 Å². The van der Waals surface area contributed by atoms with Crippen molar-refractivity contribution in [3.63, 3.8) is 0 Å². The van der Waals surface area contributed by atoms with Crippen LogP contribution in [0.3, 0.4) is 0 Å². The Labute approximate surface area is 112 Å². The number of nitrogens with one attached hydrogen (secondary N) is 1. The van der Waals surface area contributed by atoms with Gasteiger partial charge >= 0.3 is 0 Å². The Kier molecular flexibility index (Phi) is 3.91. The highest BCUT2D eigenvalue weighted by atomic mass is 32.1. The second-order valence-corrected chi connectivity index (χ2v) is 5.95. The molecule has 0 unspecified atom stereocenters. The monoisotopic (exact) mass is 262 g/mol. The van der Waals surface area contributed by atoms with Crippen LogP contribution >= 0.6 is 11.3 Å². The van der Waals surface area contributed by atoms with Crippen LogP contribution in [0.5, 0.6) is 0 Å². The predicted octanol–water partition coefficient (Wildman–Crippen LogP) is 3.29. The third-order valence-electron chi connectivity index (χ3n) is 2.53.